The molecule has 1 N–H and O–H groups in total. The number of benzene rings is 1. The van der Waals surface area contributed by atoms with Crippen LogP contribution < -0.4 is 0 Å². The molecule has 7 heteroatoms. The molecule has 0 aliphatic heterocycles. The molecule has 0 heterocycles. The Balaban J connectivity index is 3.25. The van der Waals surface area contributed by atoms with Crippen LogP contribution in [0.4, 0.5) is 4.79 Å². The number of carbonyl (C=O) groups is 2. The van der Waals surface area contributed by atoms with Crippen molar-refractivity contribution < 1.29 is 19.4 Å². The van der Waals surface area contributed by atoms with Crippen LogP contribution in [0.2, 0.25) is 5.02 Å². The highest BCUT2D eigenvalue weighted by atomic mass is 79.9. The van der Waals surface area contributed by atoms with Gasteiger partial charge in [0, 0.05) is 21.6 Å². The summed E-state index contributed by atoms with van der Waals surface area (Å²) in [5.74, 6) is -1.17. The predicted molar refractivity (Wildman–Crippen MR) is 88.1 cm³/mol. The number of likely N-dealkylation sites (N-methyl/N-ethyl adjacent to an activating group) is 1. The average molecular weight is 393 g/mol. The summed E-state index contributed by atoms with van der Waals surface area (Å²) >= 11 is 9.40. The minimum Gasteiger partial charge on any atom is -0.479 e. The van der Waals surface area contributed by atoms with E-state index in [1.165, 1.54) is 0 Å². The van der Waals surface area contributed by atoms with Gasteiger partial charge in [0.25, 0.3) is 0 Å². The Morgan fingerprint density at radius 3 is 2.45 bits per heavy atom. The van der Waals surface area contributed by atoms with E-state index in [4.69, 9.17) is 16.3 Å². The lowest BCUT2D eigenvalue weighted by atomic mass is 10.1. The Morgan fingerprint density at radius 1 is 1.41 bits per heavy atom. The number of amides is 1. The molecule has 0 saturated carbocycles. The highest BCUT2D eigenvalue weighted by Gasteiger charge is 2.34. The summed E-state index contributed by atoms with van der Waals surface area (Å²) in [5, 5.41) is 9.84. The molecule has 1 aromatic carbocycles. The second kappa shape index (κ2) is 7.33. The third-order valence-electron chi connectivity index (χ3n) is 2.77. The van der Waals surface area contributed by atoms with Gasteiger partial charge in [0.15, 0.2) is 6.04 Å². The lowest BCUT2D eigenvalue weighted by Crippen LogP contribution is -2.42. The van der Waals surface area contributed by atoms with Gasteiger partial charge in [-0.05, 0) is 45.9 Å². The standard InChI is InChI=1S/C15H19BrClNO4/c1-5-18(14(21)22-15(2,3)4)12(13(19)20)10-8-9(16)6-7-11(10)17/h6-8,12H,5H2,1-4H3,(H,19,20). The summed E-state index contributed by atoms with van der Waals surface area (Å²) in [7, 11) is 0. The summed E-state index contributed by atoms with van der Waals surface area (Å²) in [6.45, 7) is 7.03. The second-order valence-corrected chi connectivity index (χ2v) is 7.00. The quantitative estimate of drug-likeness (QED) is 0.820. The highest BCUT2D eigenvalue weighted by Crippen LogP contribution is 2.31. The zero-order valence-electron chi connectivity index (χ0n) is 12.9. The van der Waals surface area contributed by atoms with Gasteiger partial charge >= 0.3 is 12.1 Å². The summed E-state index contributed by atoms with van der Waals surface area (Å²) in [5.41, 5.74) is -0.384. The van der Waals surface area contributed by atoms with E-state index in [0.29, 0.717) is 10.0 Å². The van der Waals surface area contributed by atoms with Crippen LogP contribution in [0.1, 0.15) is 39.3 Å². The van der Waals surface area contributed by atoms with Crippen molar-refractivity contribution in [1.29, 1.82) is 0 Å². The molecule has 22 heavy (non-hydrogen) atoms. The van der Waals surface area contributed by atoms with Crippen LogP contribution in [0.25, 0.3) is 0 Å². The van der Waals surface area contributed by atoms with Gasteiger partial charge < -0.3 is 9.84 Å². The molecule has 122 valence electrons. The van der Waals surface area contributed by atoms with E-state index < -0.39 is 23.7 Å². The first-order valence-electron chi connectivity index (χ1n) is 6.74. The molecule has 5 nitrogen and oxygen atoms in total. The molecular weight excluding hydrogens is 374 g/mol. The number of carbonyl (C=O) groups excluding carboxylic acids is 1. The van der Waals surface area contributed by atoms with Crippen molar-refractivity contribution in [2.75, 3.05) is 6.54 Å². The molecule has 1 amide bonds. The van der Waals surface area contributed by atoms with Crippen molar-refractivity contribution >= 4 is 39.6 Å². The van der Waals surface area contributed by atoms with Crippen molar-refractivity contribution in [2.45, 2.75) is 39.3 Å². The van der Waals surface area contributed by atoms with Crippen molar-refractivity contribution in [3.63, 3.8) is 0 Å². The molecule has 1 rings (SSSR count). The van der Waals surface area contributed by atoms with E-state index in [-0.39, 0.29) is 11.6 Å². The van der Waals surface area contributed by atoms with Gasteiger partial charge in [-0.1, -0.05) is 27.5 Å². The molecule has 0 spiro atoms. The largest absolute Gasteiger partial charge is 0.479 e. The molecular formula is C15H19BrClNO4. The minimum absolute atomic E-state index is 0.175. The smallest absolute Gasteiger partial charge is 0.411 e. The Kier molecular flexibility index (Phi) is 6.26. The van der Waals surface area contributed by atoms with E-state index in [1.54, 1.807) is 45.9 Å². The van der Waals surface area contributed by atoms with Gasteiger partial charge in [-0.25, -0.2) is 9.59 Å². The predicted octanol–water partition coefficient (Wildman–Crippen LogP) is 4.49. The molecule has 0 bridgehead atoms. The van der Waals surface area contributed by atoms with E-state index in [9.17, 15) is 14.7 Å². The first-order valence-corrected chi connectivity index (χ1v) is 7.91. The lowest BCUT2D eigenvalue weighted by molar-refractivity contribution is -0.143. The number of aliphatic carboxylic acids is 1. The molecule has 1 atom stereocenters. The molecule has 0 radical (unpaired) electrons. The second-order valence-electron chi connectivity index (χ2n) is 5.67. The Morgan fingerprint density at radius 2 is 2.00 bits per heavy atom. The Labute approximate surface area is 143 Å². The van der Waals surface area contributed by atoms with Crippen LogP contribution in [0.15, 0.2) is 22.7 Å². The molecule has 0 aliphatic rings. The molecule has 0 fully saturated rings. The number of ether oxygens (including phenoxy) is 1. The molecule has 1 aromatic rings. The fourth-order valence-electron chi connectivity index (χ4n) is 1.90. The van der Waals surface area contributed by atoms with Gasteiger partial charge in [0.1, 0.15) is 5.60 Å². The first kappa shape index (κ1) is 18.8. The molecule has 1 unspecified atom stereocenters. The maximum absolute atomic E-state index is 12.3. The molecule has 0 aromatic heterocycles. The maximum atomic E-state index is 12.3. The van der Waals surface area contributed by atoms with Crippen molar-refractivity contribution in [3.8, 4) is 0 Å². The zero-order valence-corrected chi connectivity index (χ0v) is 15.2. The van der Waals surface area contributed by atoms with Crippen LogP contribution in [-0.2, 0) is 9.53 Å². The third kappa shape index (κ3) is 4.88. The van der Waals surface area contributed by atoms with Gasteiger partial charge in [0.2, 0.25) is 0 Å². The zero-order chi connectivity index (χ0) is 17.1. The fourth-order valence-corrected chi connectivity index (χ4v) is 2.50. The molecule has 0 aliphatic carbocycles. The summed E-state index contributed by atoms with van der Waals surface area (Å²) in [4.78, 5) is 25.1. The number of rotatable bonds is 4. The fraction of sp³-hybridized carbons (Fsp3) is 0.467. The maximum Gasteiger partial charge on any atom is 0.411 e. The number of carboxylic acid groups (broad SMARTS) is 1. The summed E-state index contributed by atoms with van der Waals surface area (Å²) in [6.07, 6.45) is -0.696. The third-order valence-corrected chi connectivity index (χ3v) is 3.60. The average Bonchev–Trinajstić information content (AvgIpc) is 2.36. The van der Waals surface area contributed by atoms with Crippen LogP contribution in [-0.4, -0.2) is 34.2 Å². The summed E-state index contributed by atoms with van der Waals surface area (Å²) < 4.78 is 5.96. The highest BCUT2D eigenvalue weighted by molar-refractivity contribution is 9.10. The van der Waals surface area contributed by atoms with Gasteiger partial charge in [-0.15, -0.1) is 0 Å². The lowest BCUT2D eigenvalue weighted by Gasteiger charge is -2.31. The van der Waals surface area contributed by atoms with E-state index >= 15 is 0 Å². The van der Waals surface area contributed by atoms with Crippen LogP contribution in [0.3, 0.4) is 0 Å². The van der Waals surface area contributed by atoms with Crippen LogP contribution >= 0.6 is 27.5 Å². The minimum atomic E-state index is -1.22. The van der Waals surface area contributed by atoms with Crippen LogP contribution in [0.5, 0.6) is 0 Å². The topological polar surface area (TPSA) is 66.8 Å². The Hall–Kier alpha value is -1.27. The van der Waals surface area contributed by atoms with E-state index in [0.717, 1.165) is 4.90 Å². The first-order chi connectivity index (χ1) is 10.1. The van der Waals surface area contributed by atoms with Gasteiger partial charge in [-0.2, -0.15) is 0 Å². The van der Waals surface area contributed by atoms with Crippen molar-refractivity contribution in [2.24, 2.45) is 0 Å². The van der Waals surface area contributed by atoms with E-state index in [1.807, 2.05) is 0 Å². The summed E-state index contributed by atoms with van der Waals surface area (Å²) in [6, 6.07) is 3.66. The van der Waals surface area contributed by atoms with Gasteiger partial charge in [0.05, 0.1) is 0 Å². The number of nitrogens with zero attached hydrogens (tertiary/aromatic N) is 1. The van der Waals surface area contributed by atoms with Gasteiger partial charge in [-0.3, -0.25) is 4.90 Å². The van der Waals surface area contributed by atoms with Crippen molar-refractivity contribution in [3.05, 3.63) is 33.3 Å². The number of halogens is 2. The normalized spacial score (nSPS) is 12.6. The van der Waals surface area contributed by atoms with Crippen LogP contribution in [0, 0.1) is 0 Å². The monoisotopic (exact) mass is 391 g/mol. The number of hydrogen-bond donors (Lipinski definition) is 1. The Bertz CT molecular complexity index is 571. The van der Waals surface area contributed by atoms with E-state index in [2.05, 4.69) is 15.9 Å². The van der Waals surface area contributed by atoms with Crippen molar-refractivity contribution in [1.82, 2.24) is 4.90 Å². The number of hydrogen-bond acceptors (Lipinski definition) is 3. The molecule has 0 saturated heterocycles. The number of carboxylic acids is 1. The SMILES string of the molecule is CCN(C(=O)OC(C)(C)C)C(C(=O)O)c1cc(Br)ccc1Cl.